The van der Waals surface area contributed by atoms with Crippen LogP contribution in [0.2, 0.25) is 0 Å². The van der Waals surface area contributed by atoms with E-state index in [1.165, 1.54) is 30.9 Å². The van der Waals surface area contributed by atoms with Gasteiger partial charge in [0.2, 0.25) is 5.91 Å². The quantitative estimate of drug-likeness (QED) is 0.463. The number of thioether (sulfide) groups is 1. The highest BCUT2D eigenvalue weighted by Crippen LogP contribution is 2.33. The topological polar surface area (TPSA) is 78.3 Å². The molecule has 1 N–H and O–H groups in total. The lowest BCUT2D eigenvalue weighted by atomic mass is 10.1. The molecule has 0 fully saturated rings. The number of nitrogens with zero attached hydrogens (tertiary/aromatic N) is 3. The van der Waals surface area contributed by atoms with Crippen LogP contribution < -0.4 is 10.1 Å². The molecule has 2 aromatic carbocycles. The van der Waals surface area contributed by atoms with Crippen LogP contribution >= 0.6 is 11.8 Å². The average Bonchev–Trinajstić information content (AvgIpc) is 3.21. The Morgan fingerprint density at radius 2 is 1.88 bits per heavy atom. The van der Waals surface area contributed by atoms with Gasteiger partial charge >= 0.3 is 6.18 Å². The Labute approximate surface area is 193 Å². The first kappa shape index (κ1) is 24.6. The molecule has 0 aliphatic carbocycles. The summed E-state index contributed by atoms with van der Waals surface area (Å²) in [5.41, 5.74) is 0.0681. The zero-order valence-corrected chi connectivity index (χ0v) is 19.0. The van der Waals surface area contributed by atoms with E-state index in [9.17, 15) is 18.0 Å². The molecule has 1 aromatic heterocycles. The molecule has 0 spiro atoms. The van der Waals surface area contributed by atoms with Crippen LogP contribution in [-0.2, 0) is 15.7 Å². The molecule has 3 aromatic rings. The SMILES string of the molecule is COCC(C)NC(=O)CSc1nnc(-c2ccc(OC)cc2)n1-c1cccc(C(F)(F)F)c1. The van der Waals surface area contributed by atoms with Crippen molar-refractivity contribution in [2.75, 3.05) is 26.6 Å². The minimum atomic E-state index is -4.50. The van der Waals surface area contributed by atoms with Gasteiger partial charge in [0, 0.05) is 18.7 Å². The van der Waals surface area contributed by atoms with Crippen molar-refractivity contribution in [2.24, 2.45) is 0 Å². The van der Waals surface area contributed by atoms with Gasteiger partial charge in [-0.05, 0) is 49.4 Å². The number of carbonyl (C=O) groups excluding carboxylic acids is 1. The first-order chi connectivity index (χ1) is 15.7. The molecule has 1 atom stereocenters. The Morgan fingerprint density at radius 1 is 1.15 bits per heavy atom. The van der Waals surface area contributed by atoms with Gasteiger partial charge in [-0.25, -0.2) is 0 Å². The van der Waals surface area contributed by atoms with E-state index in [1.807, 2.05) is 0 Å². The molecule has 176 valence electrons. The third-order valence-electron chi connectivity index (χ3n) is 4.57. The Hall–Kier alpha value is -3.05. The van der Waals surface area contributed by atoms with Crippen molar-refractivity contribution in [3.8, 4) is 22.8 Å². The largest absolute Gasteiger partial charge is 0.497 e. The van der Waals surface area contributed by atoms with Crippen molar-refractivity contribution in [3.63, 3.8) is 0 Å². The maximum atomic E-state index is 13.3. The molecule has 1 amide bonds. The summed E-state index contributed by atoms with van der Waals surface area (Å²) in [6.45, 7) is 2.16. The molecule has 1 unspecified atom stereocenters. The number of benzene rings is 2. The van der Waals surface area contributed by atoms with E-state index in [-0.39, 0.29) is 28.5 Å². The first-order valence-corrected chi connectivity index (χ1v) is 10.9. The van der Waals surface area contributed by atoms with Crippen LogP contribution in [0, 0.1) is 0 Å². The van der Waals surface area contributed by atoms with Crippen LogP contribution in [0.25, 0.3) is 17.1 Å². The number of hydrogen-bond donors (Lipinski definition) is 1. The average molecular weight is 481 g/mol. The van der Waals surface area contributed by atoms with E-state index in [4.69, 9.17) is 9.47 Å². The second-order valence-corrected chi connectivity index (χ2v) is 8.07. The fourth-order valence-electron chi connectivity index (χ4n) is 3.08. The predicted molar refractivity (Wildman–Crippen MR) is 119 cm³/mol. The van der Waals surface area contributed by atoms with Crippen LogP contribution in [0.3, 0.4) is 0 Å². The summed E-state index contributed by atoms with van der Waals surface area (Å²) >= 11 is 1.08. The summed E-state index contributed by atoms with van der Waals surface area (Å²) in [5.74, 6) is 0.718. The number of carbonyl (C=O) groups is 1. The maximum absolute atomic E-state index is 13.3. The van der Waals surface area contributed by atoms with E-state index in [2.05, 4.69) is 15.5 Å². The number of alkyl halides is 3. The number of nitrogens with one attached hydrogen (secondary N) is 1. The molecule has 7 nitrogen and oxygen atoms in total. The lowest BCUT2D eigenvalue weighted by Gasteiger charge is -2.14. The minimum absolute atomic E-state index is 0.00770. The number of hydrogen-bond acceptors (Lipinski definition) is 6. The molecular formula is C22H23F3N4O3S. The number of rotatable bonds is 9. The molecule has 3 rings (SSSR count). The van der Waals surface area contributed by atoms with Gasteiger partial charge in [-0.3, -0.25) is 9.36 Å². The zero-order chi connectivity index (χ0) is 24.0. The van der Waals surface area contributed by atoms with Crippen LogP contribution in [0.4, 0.5) is 13.2 Å². The standard InChI is InChI=1S/C22H23F3N4O3S/c1-14(12-31-2)26-19(30)13-33-21-28-27-20(15-7-9-18(32-3)10-8-15)29(21)17-6-4-5-16(11-17)22(23,24)25/h4-11,14H,12-13H2,1-3H3,(H,26,30). The maximum Gasteiger partial charge on any atom is 0.416 e. The summed E-state index contributed by atoms with van der Waals surface area (Å²) in [6.07, 6.45) is -4.50. The van der Waals surface area contributed by atoms with Crippen molar-refractivity contribution in [2.45, 2.75) is 24.3 Å². The molecule has 0 radical (unpaired) electrons. The molecule has 33 heavy (non-hydrogen) atoms. The van der Waals surface area contributed by atoms with Crippen LogP contribution in [-0.4, -0.2) is 53.3 Å². The van der Waals surface area contributed by atoms with Gasteiger partial charge in [0.05, 0.1) is 30.7 Å². The lowest BCUT2D eigenvalue weighted by molar-refractivity contribution is -0.137. The van der Waals surface area contributed by atoms with Gasteiger partial charge in [-0.15, -0.1) is 10.2 Å². The Balaban J connectivity index is 1.97. The van der Waals surface area contributed by atoms with E-state index in [0.717, 1.165) is 23.9 Å². The molecule has 0 bridgehead atoms. The first-order valence-electron chi connectivity index (χ1n) is 9.91. The third-order valence-corrected chi connectivity index (χ3v) is 5.50. The molecular weight excluding hydrogens is 457 g/mol. The normalized spacial score (nSPS) is 12.4. The molecule has 0 saturated carbocycles. The van der Waals surface area contributed by atoms with Gasteiger partial charge in [0.1, 0.15) is 5.75 Å². The highest BCUT2D eigenvalue weighted by Gasteiger charge is 2.31. The monoisotopic (exact) mass is 480 g/mol. The van der Waals surface area contributed by atoms with Crippen molar-refractivity contribution in [1.29, 1.82) is 0 Å². The molecule has 11 heteroatoms. The second kappa shape index (κ2) is 10.7. The summed E-state index contributed by atoms with van der Waals surface area (Å²) in [5, 5.41) is 11.4. The van der Waals surface area contributed by atoms with Gasteiger partial charge < -0.3 is 14.8 Å². The minimum Gasteiger partial charge on any atom is -0.497 e. The lowest BCUT2D eigenvalue weighted by Crippen LogP contribution is -2.36. The summed E-state index contributed by atoms with van der Waals surface area (Å²) < 4.78 is 51.7. The van der Waals surface area contributed by atoms with Crippen molar-refractivity contribution < 1.29 is 27.4 Å². The number of methoxy groups -OCH3 is 2. The van der Waals surface area contributed by atoms with E-state index in [1.54, 1.807) is 31.2 Å². The Morgan fingerprint density at radius 3 is 2.52 bits per heavy atom. The van der Waals surface area contributed by atoms with Crippen molar-refractivity contribution >= 4 is 17.7 Å². The van der Waals surface area contributed by atoms with Crippen molar-refractivity contribution in [3.05, 3.63) is 54.1 Å². The summed E-state index contributed by atoms with van der Waals surface area (Å²) in [7, 11) is 3.07. The zero-order valence-electron chi connectivity index (χ0n) is 18.2. The van der Waals surface area contributed by atoms with Crippen LogP contribution in [0.15, 0.2) is 53.7 Å². The molecule has 0 saturated heterocycles. The fourth-order valence-corrected chi connectivity index (χ4v) is 3.85. The summed E-state index contributed by atoms with van der Waals surface area (Å²) in [6, 6.07) is 11.6. The van der Waals surface area contributed by atoms with Gasteiger partial charge in [-0.2, -0.15) is 13.2 Å². The summed E-state index contributed by atoms with van der Waals surface area (Å²) in [4.78, 5) is 12.3. The van der Waals surface area contributed by atoms with E-state index < -0.39 is 11.7 Å². The predicted octanol–water partition coefficient (Wildman–Crippen LogP) is 4.20. The van der Waals surface area contributed by atoms with Gasteiger partial charge in [-0.1, -0.05) is 17.8 Å². The van der Waals surface area contributed by atoms with E-state index >= 15 is 0 Å². The Kier molecular flexibility index (Phi) is 7.98. The van der Waals surface area contributed by atoms with Crippen molar-refractivity contribution in [1.82, 2.24) is 20.1 Å². The number of aromatic nitrogens is 3. The number of amides is 1. The van der Waals surface area contributed by atoms with Crippen LogP contribution in [0.5, 0.6) is 5.75 Å². The highest BCUT2D eigenvalue weighted by molar-refractivity contribution is 7.99. The smallest absolute Gasteiger partial charge is 0.416 e. The Bertz CT molecular complexity index is 1090. The molecule has 0 aliphatic heterocycles. The van der Waals surface area contributed by atoms with Crippen LogP contribution in [0.1, 0.15) is 12.5 Å². The molecule has 1 heterocycles. The highest BCUT2D eigenvalue weighted by atomic mass is 32.2. The van der Waals surface area contributed by atoms with E-state index in [0.29, 0.717) is 23.7 Å². The third kappa shape index (κ3) is 6.26. The number of ether oxygens (including phenoxy) is 2. The second-order valence-electron chi connectivity index (χ2n) is 7.13. The van der Waals surface area contributed by atoms with Gasteiger partial charge in [0.15, 0.2) is 11.0 Å². The molecule has 0 aliphatic rings. The fraction of sp³-hybridized carbons (Fsp3) is 0.318. The number of halogens is 3. The van der Waals surface area contributed by atoms with Gasteiger partial charge in [0.25, 0.3) is 0 Å².